The van der Waals surface area contributed by atoms with E-state index in [2.05, 4.69) is 15.0 Å². The van der Waals surface area contributed by atoms with Crippen LogP contribution in [0.5, 0.6) is 0 Å². The van der Waals surface area contributed by atoms with Crippen molar-refractivity contribution in [2.24, 2.45) is 0 Å². The van der Waals surface area contributed by atoms with E-state index in [4.69, 9.17) is 4.74 Å². The fourth-order valence-corrected chi connectivity index (χ4v) is 3.53. The average molecular weight is 385 g/mol. The summed E-state index contributed by atoms with van der Waals surface area (Å²) in [4.78, 5) is 14.5. The molecule has 1 saturated heterocycles. The van der Waals surface area contributed by atoms with E-state index in [1.165, 1.54) is 6.33 Å². The van der Waals surface area contributed by atoms with Crippen LogP contribution in [0.2, 0.25) is 0 Å². The van der Waals surface area contributed by atoms with E-state index in [1.807, 2.05) is 32.0 Å². The monoisotopic (exact) mass is 385 g/mol. The third kappa shape index (κ3) is 3.02. The molecular formula is C19H23N5O4. The van der Waals surface area contributed by atoms with Crippen molar-refractivity contribution in [2.45, 2.75) is 37.6 Å². The Kier molecular flexibility index (Phi) is 4.76. The number of fused-ring (bicyclic) bond motifs is 1. The zero-order valence-corrected chi connectivity index (χ0v) is 15.8. The summed E-state index contributed by atoms with van der Waals surface area (Å²) in [5, 5.41) is 32.8. The number of anilines is 1. The summed E-state index contributed by atoms with van der Waals surface area (Å²) in [6.07, 6.45) is -0.737. The Hall–Kier alpha value is -2.59. The molecule has 0 spiro atoms. The van der Waals surface area contributed by atoms with Crippen molar-refractivity contribution in [3.8, 4) is 0 Å². The van der Waals surface area contributed by atoms with Crippen LogP contribution in [-0.4, -0.2) is 67.2 Å². The number of hydrogen-bond donors (Lipinski definition) is 3. The summed E-state index contributed by atoms with van der Waals surface area (Å²) in [6.45, 7) is 1.87. The summed E-state index contributed by atoms with van der Waals surface area (Å²) in [7, 11) is 3.69. The number of aliphatic hydroxyl groups is 3. The lowest BCUT2D eigenvalue weighted by atomic mass is 10.00. The fourth-order valence-electron chi connectivity index (χ4n) is 3.53. The number of aryl methyl sites for hydroxylation is 1. The van der Waals surface area contributed by atoms with E-state index in [0.29, 0.717) is 17.0 Å². The Bertz CT molecular complexity index is 991. The Morgan fingerprint density at radius 3 is 2.68 bits per heavy atom. The van der Waals surface area contributed by atoms with Gasteiger partial charge in [0.05, 0.1) is 5.69 Å². The van der Waals surface area contributed by atoms with Crippen LogP contribution in [-0.2, 0) is 4.74 Å². The van der Waals surface area contributed by atoms with Crippen LogP contribution in [0.1, 0.15) is 23.6 Å². The number of aromatic nitrogens is 4. The molecule has 0 aromatic carbocycles. The molecule has 0 unspecified atom stereocenters. The molecule has 148 valence electrons. The highest BCUT2D eigenvalue weighted by molar-refractivity contribution is 5.78. The molecule has 3 aromatic rings. The van der Waals surface area contributed by atoms with Crippen molar-refractivity contribution in [1.29, 1.82) is 0 Å². The van der Waals surface area contributed by atoms with Crippen LogP contribution in [0.4, 0.5) is 5.82 Å². The summed E-state index contributed by atoms with van der Waals surface area (Å²) >= 11 is 0. The number of ether oxygens (including phenoxy) is 1. The molecule has 1 fully saturated rings. The lowest BCUT2D eigenvalue weighted by Gasteiger charge is -2.22. The molecule has 0 bridgehead atoms. The van der Waals surface area contributed by atoms with Gasteiger partial charge < -0.3 is 29.5 Å². The molecule has 9 nitrogen and oxygen atoms in total. The second kappa shape index (κ2) is 7.10. The molecule has 3 N–H and O–H groups in total. The summed E-state index contributed by atoms with van der Waals surface area (Å²) in [5.41, 5.74) is 1.95. The standard InChI is InChI=1S/C19H23N5O4/c1-10-12-5-7-24(18(12)22-9-21-10)19-16(27)15(26)17(28-19)14(25)11-4-6-20-13(8-11)23(2)3/h4-9,14-17,19,25-27H,1-3H3/t14-,15+,16-,17-,19-/m1/s1. The molecule has 0 saturated carbocycles. The first-order valence-electron chi connectivity index (χ1n) is 8.99. The van der Waals surface area contributed by atoms with Gasteiger partial charge >= 0.3 is 0 Å². The van der Waals surface area contributed by atoms with Gasteiger partial charge in [0.15, 0.2) is 6.23 Å². The molecule has 28 heavy (non-hydrogen) atoms. The minimum absolute atomic E-state index is 0.547. The number of nitrogens with zero attached hydrogens (tertiary/aromatic N) is 5. The molecule has 4 heterocycles. The zero-order chi connectivity index (χ0) is 20.0. The van der Waals surface area contributed by atoms with Gasteiger partial charge in [-0.25, -0.2) is 15.0 Å². The van der Waals surface area contributed by atoms with Gasteiger partial charge in [0.2, 0.25) is 0 Å². The number of aliphatic hydroxyl groups excluding tert-OH is 3. The third-order valence-corrected chi connectivity index (χ3v) is 5.14. The predicted octanol–water partition coefficient (Wildman–Crippen LogP) is 0.554. The smallest absolute Gasteiger partial charge is 0.164 e. The maximum absolute atomic E-state index is 10.8. The number of hydrogen-bond acceptors (Lipinski definition) is 8. The molecule has 0 amide bonds. The predicted molar refractivity (Wildman–Crippen MR) is 102 cm³/mol. The topological polar surface area (TPSA) is 117 Å². The van der Waals surface area contributed by atoms with Gasteiger partial charge in [0.25, 0.3) is 0 Å². The molecule has 5 atom stereocenters. The van der Waals surface area contributed by atoms with Gasteiger partial charge in [-0.15, -0.1) is 0 Å². The van der Waals surface area contributed by atoms with Crippen LogP contribution in [0, 0.1) is 6.92 Å². The molecular weight excluding hydrogens is 362 g/mol. The van der Waals surface area contributed by atoms with Crippen molar-refractivity contribution in [2.75, 3.05) is 19.0 Å². The SMILES string of the molecule is Cc1ncnc2c1ccn2[C@@H]1O[C@H]([C@H](O)c2ccnc(N(C)C)c2)[C@@H](O)[C@H]1O. The van der Waals surface area contributed by atoms with Crippen LogP contribution >= 0.6 is 0 Å². The normalized spacial score (nSPS) is 25.9. The molecule has 1 aliphatic rings. The lowest BCUT2D eigenvalue weighted by Crippen LogP contribution is -2.34. The average Bonchev–Trinajstić information content (AvgIpc) is 3.24. The second-order valence-corrected chi connectivity index (χ2v) is 7.18. The molecule has 4 rings (SSSR count). The first-order chi connectivity index (χ1) is 13.4. The summed E-state index contributed by atoms with van der Waals surface area (Å²) in [6, 6.07) is 5.22. The van der Waals surface area contributed by atoms with Gasteiger partial charge in [-0.1, -0.05) is 0 Å². The third-order valence-electron chi connectivity index (χ3n) is 5.14. The van der Waals surface area contributed by atoms with Crippen LogP contribution in [0.3, 0.4) is 0 Å². The van der Waals surface area contributed by atoms with E-state index in [-0.39, 0.29) is 0 Å². The molecule has 1 aliphatic heterocycles. The zero-order valence-electron chi connectivity index (χ0n) is 15.8. The Labute approximate surface area is 161 Å². The number of pyridine rings is 1. The lowest BCUT2D eigenvalue weighted by molar-refractivity contribution is -0.0848. The highest BCUT2D eigenvalue weighted by Gasteiger charge is 2.47. The van der Waals surface area contributed by atoms with Crippen molar-refractivity contribution in [1.82, 2.24) is 19.5 Å². The van der Waals surface area contributed by atoms with E-state index in [0.717, 1.165) is 11.1 Å². The minimum atomic E-state index is -1.27. The molecule has 3 aromatic heterocycles. The van der Waals surface area contributed by atoms with E-state index in [9.17, 15) is 15.3 Å². The van der Waals surface area contributed by atoms with Gasteiger partial charge in [0.1, 0.15) is 42.2 Å². The van der Waals surface area contributed by atoms with Gasteiger partial charge in [-0.3, -0.25) is 0 Å². The molecule has 0 radical (unpaired) electrons. The van der Waals surface area contributed by atoms with Crippen molar-refractivity contribution < 1.29 is 20.1 Å². The maximum atomic E-state index is 10.8. The quantitative estimate of drug-likeness (QED) is 0.596. The van der Waals surface area contributed by atoms with Crippen LogP contribution < -0.4 is 4.90 Å². The van der Waals surface area contributed by atoms with Gasteiger partial charge in [-0.05, 0) is 30.7 Å². The highest BCUT2D eigenvalue weighted by atomic mass is 16.6. The van der Waals surface area contributed by atoms with E-state index in [1.54, 1.807) is 29.1 Å². The maximum Gasteiger partial charge on any atom is 0.164 e. The summed E-state index contributed by atoms with van der Waals surface area (Å²) in [5.74, 6) is 0.671. The summed E-state index contributed by atoms with van der Waals surface area (Å²) < 4.78 is 7.57. The van der Waals surface area contributed by atoms with Crippen LogP contribution in [0.25, 0.3) is 11.0 Å². The second-order valence-electron chi connectivity index (χ2n) is 7.18. The van der Waals surface area contributed by atoms with Crippen molar-refractivity contribution >= 4 is 16.9 Å². The fraction of sp³-hybridized carbons (Fsp3) is 0.421. The Balaban J connectivity index is 1.64. The van der Waals surface area contributed by atoms with Gasteiger partial charge in [-0.2, -0.15) is 0 Å². The van der Waals surface area contributed by atoms with E-state index < -0.39 is 30.6 Å². The Morgan fingerprint density at radius 2 is 1.93 bits per heavy atom. The van der Waals surface area contributed by atoms with E-state index >= 15 is 0 Å². The largest absolute Gasteiger partial charge is 0.387 e. The molecule has 9 heteroatoms. The van der Waals surface area contributed by atoms with Crippen LogP contribution in [0.15, 0.2) is 36.9 Å². The number of rotatable bonds is 4. The highest BCUT2D eigenvalue weighted by Crippen LogP contribution is 2.37. The minimum Gasteiger partial charge on any atom is -0.387 e. The molecule has 0 aliphatic carbocycles. The first-order valence-corrected chi connectivity index (χ1v) is 8.99. The first kappa shape index (κ1) is 18.8. The Morgan fingerprint density at radius 1 is 1.14 bits per heavy atom. The van der Waals surface area contributed by atoms with Gasteiger partial charge in [0, 0.05) is 31.9 Å². The van der Waals surface area contributed by atoms with Crippen molar-refractivity contribution in [3.05, 3.63) is 48.2 Å². The van der Waals surface area contributed by atoms with Crippen molar-refractivity contribution in [3.63, 3.8) is 0 Å².